The number of aryl methyl sites for hydroxylation is 1. The lowest BCUT2D eigenvalue weighted by atomic mass is 9.93. The van der Waals surface area contributed by atoms with Gasteiger partial charge >= 0.3 is 6.18 Å². The Balaban J connectivity index is 1.44. The fraction of sp³-hybridized carbons (Fsp3) is 0.448. The van der Waals surface area contributed by atoms with Crippen LogP contribution in [0.4, 0.5) is 18.9 Å². The number of anilines is 1. The lowest BCUT2D eigenvalue weighted by Gasteiger charge is -2.42. The van der Waals surface area contributed by atoms with Gasteiger partial charge in [0.15, 0.2) is 5.03 Å². The van der Waals surface area contributed by atoms with Crippen molar-refractivity contribution in [1.29, 1.82) is 5.26 Å². The number of pyridine rings is 1. The van der Waals surface area contributed by atoms with Gasteiger partial charge in [-0.25, -0.2) is 18.4 Å². The Bertz CT molecular complexity index is 1600. The number of carbonyl (C=O) groups excluding carboxylic acids is 1. The molecule has 1 aromatic carbocycles. The number of rotatable bonds is 8. The molecule has 1 amide bonds. The number of likely N-dealkylation sites (tertiary alicyclic amines) is 1. The summed E-state index contributed by atoms with van der Waals surface area (Å²) in [5.41, 5.74) is 3.13. The first-order valence-electron chi connectivity index (χ1n) is 13.9. The van der Waals surface area contributed by atoms with Crippen molar-refractivity contribution in [2.45, 2.75) is 49.5 Å². The van der Waals surface area contributed by atoms with Crippen molar-refractivity contribution in [2.75, 3.05) is 31.1 Å². The molecule has 0 saturated carbocycles. The third kappa shape index (κ3) is 7.00. The largest absolute Gasteiger partial charge is 0.397 e. The molecule has 0 aliphatic carbocycles. The van der Waals surface area contributed by atoms with E-state index in [1.54, 1.807) is 36.8 Å². The molecule has 10 nitrogen and oxygen atoms in total. The lowest BCUT2D eigenvalue weighted by molar-refractivity contribution is -0.162. The molecule has 3 aromatic rings. The van der Waals surface area contributed by atoms with Gasteiger partial charge in [-0.15, -0.1) is 0 Å². The van der Waals surface area contributed by atoms with Gasteiger partial charge < -0.3 is 14.4 Å². The first-order valence-corrected chi connectivity index (χ1v) is 15.4. The number of nitriles is 1. The summed E-state index contributed by atoms with van der Waals surface area (Å²) >= 11 is 0. The molecule has 4 heterocycles. The quantitative estimate of drug-likeness (QED) is 0.381. The van der Waals surface area contributed by atoms with Crippen LogP contribution in [-0.2, 0) is 34.8 Å². The van der Waals surface area contributed by atoms with Crippen molar-refractivity contribution >= 4 is 21.6 Å². The first-order chi connectivity index (χ1) is 20.4. The van der Waals surface area contributed by atoms with Crippen molar-refractivity contribution in [3.8, 4) is 6.07 Å². The second kappa shape index (κ2) is 12.3. The Kier molecular flexibility index (Phi) is 8.75. The summed E-state index contributed by atoms with van der Waals surface area (Å²) in [5, 5.41) is 9.47. The third-order valence-electron chi connectivity index (χ3n) is 8.08. The van der Waals surface area contributed by atoms with E-state index in [-0.39, 0.29) is 30.6 Å². The fourth-order valence-electron chi connectivity index (χ4n) is 5.84. The molecule has 0 spiro atoms. The van der Waals surface area contributed by atoms with E-state index >= 15 is 0 Å². The summed E-state index contributed by atoms with van der Waals surface area (Å²) in [6.07, 6.45) is -0.107. The van der Waals surface area contributed by atoms with Gasteiger partial charge in [-0.2, -0.15) is 22.7 Å². The van der Waals surface area contributed by atoms with Crippen LogP contribution in [0.2, 0.25) is 0 Å². The van der Waals surface area contributed by atoms with Gasteiger partial charge in [-0.05, 0) is 61.1 Å². The smallest absolute Gasteiger partial charge is 0.364 e. The zero-order valence-corrected chi connectivity index (χ0v) is 24.4. The minimum absolute atomic E-state index is 0.0949. The number of imidazole rings is 1. The van der Waals surface area contributed by atoms with E-state index < -0.39 is 34.6 Å². The molecule has 0 N–H and O–H groups in total. The molecule has 14 heteroatoms. The van der Waals surface area contributed by atoms with Crippen LogP contribution in [0.3, 0.4) is 0 Å². The summed E-state index contributed by atoms with van der Waals surface area (Å²) in [6, 6.07) is 11.7. The molecule has 1 unspecified atom stereocenters. The van der Waals surface area contributed by atoms with Crippen LogP contribution >= 0.6 is 0 Å². The van der Waals surface area contributed by atoms with Crippen LogP contribution < -0.4 is 4.90 Å². The topological polar surface area (TPSA) is 115 Å². The zero-order valence-electron chi connectivity index (χ0n) is 23.6. The van der Waals surface area contributed by atoms with Crippen LogP contribution in [-0.4, -0.2) is 76.5 Å². The average molecular weight is 616 g/mol. The molecule has 1 fully saturated rings. The Labute approximate surface area is 248 Å². The number of fused-ring (bicyclic) bond motifs is 1. The van der Waals surface area contributed by atoms with Gasteiger partial charge in [0.25, 0.3) is 10.0 Å². The molecular formula is C29H32F3N7O3S. The van der Waals surface area contributed by atoms with Gasteiger partial charge in [0, 0.05) is 57.3 Å². The summed E-state index contributed by atoms with van der Waals surface area (Å²) in [5.74, 6) is -1.14. The maximum atomic E-state index is 14.1. The number of nitrogens with zero attached hydrogens (tertiary/aromatic N) is 7. The Morgan fingerprint density at radius 1 is 1.19 bits per heavy atom. The normalized spacial score (nSPS) is 18.0. The summed E-state index contributed by atoms with van der Waals surface area (Å²) < 4.78 is 70.0. The van der Waals surface area contributed by atoms with Gasteiger partial charge in [0.1, 0.15) is 6.42 Å². The fourth-order valence-corrected chi connectivity index (χ4v) is 7.46. The number of hydrogen-bond acceptors (Lipinski definition) is 7. The van der Waals surface area contributed by atoms with Crippen LogP contribution in [0.5, 0.6) is 0 Å². The molecule has 2 aliphatic heterocycles. The monoisotopic (exact) mass is 615 g/mol. The van der Waals surface area contributed by atoms with Crippen LogP contribution in [0.15, 0.2) is 60.1 Å². The number of amides is 1. The van der Waals surface area contributed by atoms with Gasteiger partial charge in [0.05, 0.1) is 30.2 Å². The van der Waals surface area contributed by atoms with Gasteiger partial charge in [-0.3, -0.25) is 4.79 Å². The number of benzene rings is 1. The van der Waals surface area contributed by atoms with Crippen molar-refractivity contribution in [2.24, 2.45) is 13.0 Å². The molecule has 5 rings (SSSR count). The number of alkyl halides is 3. The highest BCUT2D eigenvalue weighted by Crippen LogP contribution is 2.34. The highest BCUT2D eigenvalue weighted by atomic mass is 32.2. The van der Waals surface area contributed by atoms with E-state index in [9.17, 15) is 31.6 Å². The van der Waals surface area contributed by atoms with Crippen molar-refractivity contribution in [1.82, 2.24) is 23.7 Å². The number of hydrogen-bond donors (Lipinski definition) is 0. The predicted octanol–water partition coefficient (Wildman–Crippen LogP) is 3.50. The Hall–Kier alpha value is -3.96. The summed E-state index contributed by atoms with van der Waals surface area (Å²) in [7, 11) is -2.20. The lowest BCUT2D eigenvalue weighted by Crippen LogP contribution is -2.53. The zero-order chi connectivity index (χ0) is 30.8. The Morgan fingerprint density at radius 3 is 2.58 bits per heavy atom. The van der Waals surface area contributed by atoms with Crippen molar-refractivity contribution < 1.29 is 26.4 Å². The molecule has 43 heavy (non-hydrogen) atoms. The first kappa shape index (κ1) is 30.5. The summed E-state index contributed by atoms with van der Waals surface area (Å²) in [6.45, 7) is 1.20. The number of carbonyl (C=O) groups is 1. The van der Waals surface area contributed by atoms with Gasteiger partial charge in [0.2, 0.25) is 5.91 Å². The van der Waals surface area contributed by atoms with Crippen LogP contribution in [0, 0.1) is 17.2 Å². The van der Waals surface area contributed by atoms with E-state index in [0.29, 0.717) is 37.9 Å². The number of piperidine rings is 1. The van der Waals surface area contributed by atoms with E-state index in [4.69, 9.17) is 0 Å². The number of aromatic nitrogens is 3. The maximum Gasteiger partial charge on any atom is 0.397 e. The highest BCUT2D eigenvalue weighted by molar-refractivity contribution is 7.89. The second-order valence-corrected chi connectivity index (χ2v) is 12.9. The maximum absolute atomic E-state index is 14.1. The molecule has 228 valence electrons. The molecular weight excluding hydrogens is 583 g/mol. The third-order valence-corrected chi connectivity index (χ3v) is 9.92. The second-order valence-electron chi connectivity index (χ2n) is 11.0. The van der Waals surface area contributed by atoms with Crippen molar-refractivity contribution in [3.63, 3.8) is 0 Å². The van der Waals surface area contributed by atoms with E-state index in [0.717, 1.165) is 16.9 Å². The predicted molar refractivity (Wildman–Crippen MR) is 151 cm³/mol. The molecule has 0 radical (unpaired) electrons. The highest BCUT2D eigenvalue weighted by Gasteiger charge is 2.40. The number of sulfonamides is 1. The molecule has 2 aromatic heterocycles. The molecule has 1 saturated heterocycles. The molecule has 0 bridgehead atoms. The number of halogens is 3. The summed E-state index contributed by atoms with van der Waals surface area (Å²) in [4.78, 5) is 23.8. The Morgan fingerprint density at radius 2 is 1.95 bits per heavy atom. The van der Waals surface area contributed by atoms with Gasteiger partial charge in [-0.1, -0.05) is 6.07 Å². The van der Waals surface area contributed by atoms with Crippen LogP contribution in [0.25, 0.3) is 0 Å². The van der Waals surface area contributed by atoms with E-state index in [1.165, 1.54) is 21.5 Å². The van der Waals surface area contributed by atoms with E-state index in [1.807, 2.05) is 17.7 Å². The standard InChI is InChI=1S/C29H32F3N7O3S/c1-36-20-34-16-25(36)19-38-18-24(13-23-12-22(15-33)5-6-26(23)38)39(43(41,42)27-4-2-3-9-35-27)17-21-7-10-37(11-8-21)28(40)14-29(30,31)32/h2-6,9,12,16,20-21,24H,7-8,10-11,13-14,17-19H2,1H3. The van der Waals surface area contributed by atoms with E-state index in [2.05, 4.69) is 20.9 Å². The minimum atomic E-state index is -4.58. The SMILES string of the molecule is Cn1cncc1CN1CC(N(CC2CCN(C(=O)CC(F)(F)F)CC2)S(=O)(=O)c2ccccn2)Cc2cc(C#N)ccc21. The van der Waals surface area contributed by atoms with Crippen LogP contribution in [0.1, 0.15) is 36.1 Å². The minimum Gasteiger partial charge on any atom is -0.364 e. The average Bonchev–Trinajstić information content (AvgIpc) is 3.39. The van der Waals surface area contributed by atoms with Crippen molar-refractivity contribution in [3.05, 3.63) is 71.9 Å². The molecule has 2 aliphatic rings. The molecule has 1 atom stereocenters.